The van der Waals surface area contributed by atoms with Gasteiger partial charge in [0.2, 0.25) is 5.91 Å². The number of aliphatic hydroxyl groups is 1. The molecular formula is C20H27N3O2. The third kappa shape index (κ3) is 4.78. The Labute approximate surface area is 149 Å². The third-order valence-electron chi connectivity index (χ3n) is 4.90. The summed E-state index contributed by atoms with van der Waals surface area (Å²) in [4.78, 5) is 16.8. The quantitative estimate of drug-likeness (QED) is 0.838. The normalized spacial score (nSPS) is 17.5. The van der Waals surface area contributed by atoms with Crippen molar-refractivity contribution in [1.29, 1.82) is 0 Å². The molecule has 2 aromatic carbocycles. The number of fused-ring (bicyclic) bond motifs is 1. The van der Waals surface area contributed by atoms with Crippen LogP contribution in [0.5, 0.6) is 0 Å². The van der Waals surface area contributed by atoms with Crippen molar-refractivity contribution in [2.45, 2.75) is 13.0 Å². The van der Waals surface area contributed by atoms with Gasteiger partial charge >= 0.3 is 0 Å². The van der Waals surface area contributed by atoms with Gasteiger partial charge in [-0.3, -0.25) is 14.6 Å². The maximum atomic E-state index is 12.4. The Morgan fingerprint density at radius 2 is 1.76 bits per heavy atom. The molecule has 1 fully saturated rings. The molecule has 1 amide bonds. The number of carbonyl (C=O) groups is 1. The Morgan fingerprint density at radius 3 is 2.48 bits per heavy atom. The van der Waals surface area contributed by atoms with E-state index in [1.165, 1.54) is 10.8 Å². The number of hydrogen-bond donors (Lipinski definition) is 2. The second kappa shape index (κ2) is 8.43. The fourth-order valence-electron chi connectivity index (χ4n) is 3.36. The van der Waals surface area contributed by atoms with Gasteiger partial charge in [-0.2, -0.15) is 0 Å². The number of nitrogens with one attached hydrogen (secondary N) is 1. The third-order valence-corrected chi connectivity index (χ3v) is 4.90. The lowest BCUT2D eigenvalue weighted by Crippen LogP contribution is -2.50. The summed E-state index contributed by atoms with van der Waals surface area (Å²) in [5.41, 5.74) is 1.12. The number of nitrogens with zero attached hydrogens (tertiary/aromatic N) is 2. The summed E-state index contributed by atoms with van der Waals surface area (Å²) in [6, 6.07) is 14.6. The van der Waals surface area contributed by atoms with Crippen LogP contribution in [0.15, 0.2) is 42.5 Å². The number of β-amino-alcohol motifs (C(OH)–C–C–N with tert-alkyl or cyclic N) is 1. The number of carbonyl (C=O) groups excluding carboxylic acids is 1. The van der Waals surface area contributed by atoms with E-state index in [9.17, 15) is 4.79 Å². The van der Waals surface area contributed by atoms with Gasteiger partial charge in [0.25, 0.3) is 0 Å². The second-order valence-corrected chi connectivity index (χ2v) is 6.74. The number of amides is 1. The Hall–Kier alpha value is -1.95. The molecule has 1 atom stereocenters. The van der Waals surface area contributed by atoms with Crippen LogP contribution in [-0.4, -0.2) is 66.7 Å². The van der Waals surface area contributed by atoms with E-state index < -0.39 is 0 Å². The van der Waals surface area contributed by atoms with Crippen molar-refractivity contribution >= 4 is 16.7 Å². The number of hydrogen-bond acceptors (Lipinski definition) is 4. The molecule has 2 N–H and O–H groups in total. The van der Waals surface area contributed by atoms with Crippen molar-refractivity contribution in [3.8, 4) is 0 Å². The van der Waals surface area contributed by atoms with Gasteiger partial charge in [0, 0.05) is 32.7 Å². The summed E-state index contributed by atoms with van der Waals surface area (Å²) >= 11 is 0. The van der Waals surface area contributed by atoms with Crippen LogP contribution in [0.25, 0.3) is 10.8 Å². The summed E-state index contributed by atoms with van der Waals surface area (Å²) in [7, 11) is 0. The van der Waals surface area contributed by atoms with Crippen molar-refractivity contribution in [2.75, 3.05) is 45.9 Å². The molecule has 0 saturated carbocycles. The molecule has 1 aliphatic rings. The Bertz CT molecular complexity index is 711. The van der Waals surface area contributed by atoms with Crippen LogP contribution in [0.2, 0.25) is 0 Å². The Morgan fingerprint density at radius 1 is 1.08 bits per heavy atom. The second-order valence-electron chi connectivity index (χ2n) is 6.74. The van der Waals surface area contributed by atoms with Gasteiger partial charge in [-0.1, -0.05) is 36.4 Å². The topological polar surface area (TPSA) is 55.8 Å². The molecule has 0 aromatic heterocycles. The number of benzene rings is 2. The molecule has 1 saturated heterocycles. The molecular weight excluding hydrogens is 314 g/mol. The first-order valence-corrected chi connectivity index (χ1v) is 8.99. The van der Waals surface area contributed by atoms with Gasteiger partial charge in [-0.15, -0.1) is 0 Å². The first kappa shape index (κ1) is 17.9. The molecule has 1 aliphatic heterocycles. The largest absolute Gasteiger partial charge is 0.395 e. The minimum atomic E-state index is -0.00668. The molecule has 0 radical (unpaired) electrons. The molecule has 1 heterocycles. The minimum Gasteiger partial charge on any atom is -0.395 e. The SMILES string of the molecule is C[C@H](NC(=O)CN1CCN(CCO)CC1)c1ccc2ccccc2c1. The van der Waals surface area contributed by atoms with Crippen molar-refractivity contribution in [1.82, 2.24) is 15.1 Å². The van der Waals surface area contributed by atoms with Gasteiger partial charge in [-0.25, -0.2) is 0 Å². The van der Waals surface area contributed by atoms with Crippen molar-refractivity contribution in [3.63, 3.8) is 0 Å². The number of piperazine rings is 1. The van der Waals surface area contributed by atoms with E-state index in [0.29, 0.717) is 6.54 Å². The lowest BCUT2D eigenvalue weighted by Gasteiger charge is -2.34. The lowest BCUT2D eigenvalue weighted by atomic mass is 10.0. The summed E-state index contributed by atoms with van der Waals surface area (Å²) < 4.78 is 0. The molecule has 2 aromatic rings. The predicted octanol–water partition coefficient (Wildman–Crippen LogP) is 1.63. The highest BCUT2D eigenvalue weighted by Crippen LogP contribution is 2.20. The minimum absolute atomic E-state index is 0.00668. The highest BCUT2D eigenvalue weighted by atomic mass is 16.3. The van der Waals surface area contributed by atoms with Crippen LogP contribution >= 0.6 is 0 Å². The maximum absolute atomic E-state index is 12.4. The number of rotatable bonds is 6. The zero-order chi connectivity index (χ0) is 17.6. The van der Waals surface area contributed by atoms with Crippen LogP contribution in [0.4, 0.5) is 0 Å². The Kier molecular flexibility index (Phi) is 6.02. The molecule has 3 rings (SSSR count). The first-order chi connectivity index (χ1) is 12.2. The van der Waals surface area contributed by atoms with Crippen LogP contribution in [-0.2, 0) is 4.79 Å². The first-order valence-electron chi connectivity index (χ1n) is 8.99. The molecule has 25 heavy (non-hydrogen) atoms. The van der Waals surface area contributed by atoms with Crippen LogP contribution in [0.3, 0.4) is 0 Å². The summed E-state index contributed by atoms with van der Waals surface area (Å²) in [5, 5.41) is 14.5. The average molecular weight is 341 g/mol. The standard InChI is InChI=1S/C20H27N3O2/c1-16(18-7-6-17-4-2-3-5-19(17)14-18)21-20(25)15-23-10-8-22(9-11-23)12-13-24/h2-7,14,16,24H,8-13,15H2,1H3,(H,21,25)/t16-/m0/s1. The van der Waals surface area contributed by atoms with E-state index in [-0.39, 0.29) is 18.6 Å². The number of aliphatic hydroxyl groups excluding tert-OH is 1. The van der Waals surface area contributed by atoms with Crippen molar-refractivity contribution < 1.29 is 9.90 Å². The average Bonchev–Trinajstić information content (AvgIpc) is 2.63. The molecule has 0 bridgehead atoms. The predicted molar refractivity (Wildman–Crippen MR) is 100 cm³/mol. The van der Waals surface area contributed by atoms with Crippen LogP contribution in [0.1, 0.15) is 18.5 Å². The molecule has 5 heteroatoms. The van der Waals surface area contributed by atoms with Gasteiger partial charge in [0.1, 0.15) is 0 Å². The molecule has 0 aliphatic carbocycles. The van der Waals surface area contributed by atoms with Crippen LogP contribution < -0.4 is 5.32 Å². The fraction of sp³-hybridized carbons (Fsp3) is 0.450. The monoisotopic (exact) mass is 341 g/mol. The molecule has 5 nitrogen and oxygen atoms in total. The van der Waals surface area contributed by atoms with E-state index in [1.807, 2.05) is 19.1 Å². The van der Waals surface area contributed by atoms with E-state index in [2.05, 4.69) is 45.4 Å². The highest BCUT2D eigenvalue weighted by molar-refractivity contribution is 5.83. The fourth-order valence-corrected chi connectivity index (χ4v) is 3.36. The molecule has 0 spiro atoms. The lowest BCUT2D eigenvalue weighted by molar-refractivity contribution is -0.123. The van der Waals surface area contributed by atoms with Crippen molar-refractivity contribution in [3.05, 3.63) is 48.0 Å². The highest BCUT2D eigenvalue weighted by Gasteiger charge is 2.19. The van der Waals surface area contributed by atoms with Gasteiger partial charge in [-0.05, 0) is 29.3 Å². The molecule has 134 valence electrons. The smallest absolute Gasteiger partial charge is 0.234 e. The van der Waals surface area contributed by atoms with E-state index in [1.54, 1.807) is 0 Å². The van der Waals surface area contributed by atoms with Gasteiger partial charge in [0.05, 0.1) is 19.2 Å². The summed E-state index contributed by atoms with van der Waals surface area (Å²) in [5.74, 6) is 0.0660. The van der Waals surface area contributed by atoms with Gasteiger partial charge < -0.3 is 10.4 Å². The maximum Gasteiger partial charge on any atom is 0.234 e. The van der Waals surface area contributed by atoms with Crippen LogP contribution in [0, 0.1) is 0 Å². The van der Waals surface area contributed by atoms with E-state index in [4.69, 9.17) is 5.11 Å². The summed E-state index contributed by atoms with van der Waals surface area (Å²) in [6.45, 7) is 6.95. The van der Waals surface area contributed by atoms with E-state index in [0.717, 1.165) is 38.3 Å². The molecule has 0 unspecified atom stereocenters. The Balaban J connectivity index is 1.51. The zero-order valence-electron chi connectivity index (χ0n) is 14.8. The van der Waals surface area contributed by atoms with Crippen molar-refractivity contribution in [2.24, 2.45) is 0 Å². The zero-order valence-corrected chi connectivity index (χ0v) is 14.8. The summed E-state index contributed by atoms with van der Waals surface area (Å²) in [6.07, 6.45) is 0. The van der Waals surface area contributed by atoms with Gasteiger partial charge in [0.15, 0.2) is 0 Å². The van der Waals surface area contributed by atoms with E-state index >= 15 is 0 Å².